The number of methoxy groups -OCH3 is 1. The van der Waals surface area contributed by atoms with Gasteiger partial charge in [-0.15, -0.1) is 0 Å². The Morgan fingerprint density at radius 1 is 1.09 bits per heavy atom. The van der Waals surface area contributed by atoms with Gasteiger partial charge in [-0.25, -0.2) is 8.42 Å². The van der Waals surface area contributed by atoms with Crippen LogP contribution in [0.4, 0.5) is 18.9 Å². The van der Waals surface area contributed by atoms with Crippen LogP contribution in [-0.2, 0) is 21.0 Å². The fourth-order valence-corrected chi connectivity index (χ4v) is 5.40. The third-order valence-electron chi connectivity index (χ3n) is 5.78. The van der Waals surface area contributed by atoms with E-state index in [1.807, 2.05) is 19.9 Å². The highest BCUT2D eigenvalue weighted by Gasteiger charge is 2.34. The largest absolute Gasteiger partial charge is 0.495 e. The molecular formula is C23H27F3N2O4S. The van der Waals surface area contributed by atoms with Crippen LogP contribution in [0.3, 0.4) is 0 Å². The number of sulfonamides is 1. The number of hydrogen-bond donors (Lipinski definition) is 1. The lowest BCUT2D eigenvalue weighted by Gasteiger charge is -2.31. The van der Waals surface area contributed by atoms with Crippen molar-refractivity contribution in [2.45, 2.75) is 43.7 Å². The summed E-state index contributed by atoms with van der Waals surface area (Å²) in [6.07, 6.45) is -3.84. The van der Waals surface area contributed by atoms with E-state index in [9.17, 15) is 26.4 Å². The van der Waals surface area contributed by atoms with E-state index in [0.717, 1.165) is 17.7 Å². The smallest absolute Gasteiger partial charge is 0.416 e. The monoisotopic (exact) mass is 484 g/mol. The number of piperidine rings is 1. The second-order valence-electron chi connectivity index (χ2n) is 8.31. The van der Waals surface area contributed by atoms with Crippen molar-refractivity contribution in [2.75, 3.05) is 25.5 Å². The predicted octanol–water partition coefficient (Wildman–Crippen LogP) is 4.88. The molecule has 0 radical (unpaired) electrons. The summed E-state index contributed by atoms with van der Waals surface area (Å²) in [6, 6.07) is 9.32. The minimum Gasteiger partial charge on any atom is -0.495 e. The van der Waals surface area contributed by atoms with Crippen LogP contribution in [0, 0.1) is 5.92 Å². The van der Waals surface area contributed by atoms with Crippen LogP contribution in [0.2, 0.25) is 0 Å². The Labute approximate surface area is 191 Å². The van der Waals surface area contributed by atoms with Gasteiger partial charge in [0.15, 0.2) is 0 Å². The van der Waals surface area contributed by atoms with Crippen LogP contribution in [0.25, 0.3) is 0 Å². The number of anilines is 1. The van der Waals surface area contributed by atoms with Gasteiger partial charge in [0.25, 0.3) is 0 Å². The highest BCUT2D eigenvalue weighted by Crippen LogP contribution is 2.33. The molecule has 2 aromatic rings. The molecule has 1 fully saturated rings. The number of benzene rings is 2. The maximum atomic E-state index is 13.3. The molecule has 6 nitrogen and oxygen atoms in total. The predicted molar refractivity (Wildman–Crippen MR) is 119 cm³/mol. The van der Waals surface area contributed by atoms with Gasteiger partial charge in [0.1, 0.15) is 10.6 Å². The fraction of sp³-hybridized carbons (Fsp3) is 0.435. The zero-order valence-electron chi connectivity index (χ0n) is 18.6. The van der Waals surface area contributed by atoms with Crippen LogP contribution in [0.15, 0.2) is 47.4 Å². The van der Waals surface area contributed by atoms with Crippen LogP contribution in [0.1, 0.15) is 43.7 Å². The van der Waals surface area contributed by atoms with E-state index in [1.165, 1.54) is 23.5 Å². The van der Waals surface area contributed by atoms with Gasteiger partial charge in [0, 0.05) is 24.7 Å². The van der Waals surface area contributed by atoms with Crippen molar-refractivity contribution in [2.24, 2.45) is 5.92 Å². The highest BCUT2D eigenvalue weighted by atomic mass is 32.2. The van der Waals surface area contributed by atoms with Gasteiger partial charge in [-0.2, -0.15) is 17.5 Å². The average molecular weight is 485 g/mol. The first-order valence-electron chi connectivity index (χ1n) is 10.6. The number of alkyl halides is 3. The second kappa shape index (κ2) is 9.72. The standard InChI is InChI=1S/C23H27F3N2O4S/c1-15(2)17-4-9-20(32-3)21(14-17)33(30,31)28-12-10-16(11-13-28)22(29)27-19-7-5-18(6-8-19)23(24,25)26/h4-9,14-16H,10-13H2,1-3H3,(H,27,29). The zero-order valence-corrected chi connectivity index (χ0v) is 19.5. The molecule has 3 rings (SSSR count). The lowest BCUT2D eigenvalue weighted by Crippen LogP contribution is -2.41. The maximum absolute atomic E-state index is 13.3. The summed E-state index contributed by atoms with van der Waals surface area (Å²) in [6.45, 7) is 4.25. The van der Waals surface area contributed by atoms with Crippen molar-refractivity contribution < 1.29 is 31.1 Å². The van der Waals surface area contributed by atoms with E-state index in [-0.39, 0.29) is 41.2 Å². The van der Waals surface area contributed by atoms with Gasteiger partial charge in [-0.1, -0.05) is 19.9 Å². The number of nitrogens with zero attached hydrogens (tertiary/aromatic N) is 1. The Bertz CT molecular complexity index is 1090. The van der Waals surface area contributed by atoms with Crippen molar-refractivity contribution in [3.63, 3.8) is 0 Å². The van der Waals surface area contributed by atoms with E-state index in [4.69, 9.17) is 4.74 Å². The van der Waals surface area contributed by atoms with Crippen LogP contribution >= 0.6 is 0 Å². The average Bonchev–Trinajstić information content (AvgIpc) is 2.78. The van der Waals surface area contributed by atoms with Gasteiger partial charge in [0.2, 0.25) is 15.9 Å². The fourth-order valence-electron chi connectivity index (χ4n) is 3.74. The summed E-state index contributed by atoms with van der Waals surface area (Å²) < 4.78 is 71.2. The molecule has 2 aromatic carbocycles. The number of carbonyl (C=O) groups is 1. The number of ether oxygens (including phenoxy) is 1. The molecule has 0 unspecified atom stereocenters. The highest BCUT2D eigenvalue weighted by molar-refractivity contribution is 7.89. The second-order valence-corrected chi connectivity index (χ2v) is 10.2. The van der Waals surface area contributed by atoms with Crippen molar-refractivity contribution >= 4 is 21.6 Å². The van der Waals surface area contributed by atoms with Crippen LogP contribution < -0.4 is 10.1 Å². The van der Waals surface area contributed by atoms with Crippen molar-refractivity contribution in [3.05, 3.63) is 53.6 Å². The molecule has 1 aliphatic rings. The normalized spacial score (nSPS) is 16.1. The molecule has 10 heteroatoms. The van der Waals surface area contributed by atoms with E-state index >= 15 is 0 Å². The molecule has 33 heavy (non-hydrogen) atoms. The van der Waals surface area contributed by atoms with Gasteiger partial charge in [-0.05, 0) is 60.7 Å². The SMILES string of the molecule is COc1ccc(C(C)C)cc1S(=O)(=O)N1CCC(C(=O)Nc2ccc(C(F)(F)F)cc2)CC1. The molecule has 0 aliphatic carbocycles. The van der Waals surface area contributed by atoms with Gasteiger partial charge in [0.05, 0.1) is 12.7 Å². The molecule has 1 heterocycles. The minimum absolute atomic E-state index is 0.101. The number of halogens is 3. The maximum Gasteiger partial charge on any atom is 0.416 e. The summed E-state index contributed by atoms with van der Waals surface area (Å²) >= 11 is 0. The van der Waals surface area contributed by atoms with Crippen molar-refractivity contribution in [1.82, 2.24) is 4.31 Å². The molecule has 0 spiro atoms. The Kier molecular flexibility index (Phi) is 7.38. The Hall–Kier alpha value is -2.59. The summed E-state index contributed by atoms with van der Waals surface area (Å²) in [5.74, 6) is -0.375. The molecule has 1 saturated heterocycles. The van der Waals surface area contributed by atoms with Crippen LogP contribution in [-0.4, -0.2) is 38.8 Å². The van der Waals surface area contributed by atoms with Crippen LogP contribution in [0.5, 0.6) is 5.75 Å². The minimum atomic E-state index is -4.45. The summed E-state index contributed by atoms with van der Waals surface area (Å²) in [7, 11) is -2.40. The van der Waals surface area contributed by atoms with E-state index in [0.29, 0.717) is 12.8 Å². The van der Waals surface area contributed by atoms with Gasteiger partial charge < -0.3 is 10.1 Å². The summed E-state index contributed by atoms with van der Waals surface area (Å²) in [4.78, 5) is 12.7. The number of rotatable bonds is 6. The quantitative estimate of drug-likeness (QED) is 0.634. The molecule has 0 saturated carbocycles. The van der Waals surface area contributed by atoms with Gasteiger partial charge >= 0.3 is 6.18 Å². The lowest BCUT2D eigenvalue weighted by molar-refractivity contribution is -0.137. The topological polar surface area (TPSA) is 75.7 Å². The van der Waals surface area contributed by atoms with E-state index in [2.05, 4.69) is 5.32 Å². The first-order chi connectivity index (χ1) is 15.4. The molecule has 0 aromatic heterocycles. The molecule has 0 bridgehead atoms. The van der Waals surface area contributed by atoms with Crippen molar-refractivity contribution in [1.29, 1.82) is 0 Å². The first kappa shape index (κ1) is 25.0. The molecule has 0 atom stereocenters. The number of carbonyl (C=O) groups excluding carboxylic acids is 1. The lowest BCUT2D eigenvalue weighted by atomic mass is 9.97. The molecule has 1 aliphatic heterocycles. The number of amides is 1. The number of hydrogen-bond acceptors (Lipinski definition) is 4. The summed E-state index contributed by atoms with van der Waals surface area (Å²) in [5.41, 5.74) is 0.342. The Balaban J connectivity index is 1.67. The van der Waals surface area contributed by atoms with E-state index in [1.54, 1.807) is 12.1 Å². The molecule has 1 N–H and O–H groups in total. The van der Waals surface area contributed by atoms with E-state index < -0.39 is 27.7 Å². The first-order valence-corrected chi connectivity index (χ1v) is 12.0. The third-order valence-corrected chi connectivity index (χ3v) is 7.70. The van der Waals surface area contributed by atoms with Crippen molar-refractivity contribution in [3.8, 4) is 5.75 Å². The molecule has 1 amide bonds. The molecular weight excluding hydrogens is 457 g/mol. The number of nitrogens with one attached hydrogen (secondary N) is 1. The Morgan fingerprint density at radius 2 is 1.70 bits per heavy atom. The third kappa shape index (κ3) is 5.67. The summed E-state index contributed by atoms with van der Waals surface area (Å²) in [5, 5.41) is 2.62. The zero-order chi connectivity index (χ0) is 24.4. The molecule has 180 valence electrons. The van der Waals surface area contributed by atoms with Gasteiger partial charge in [-0.3, -0.25) is 4.79 Å². The Morgan fingerprint density at radius 3 is 2.21 bits per heavy atom.